The highest BCUT2D eigenvalue weighted by Gasteiger charge is 2.30. The number of nitrogens with two attached hydrogens (primary N) is 1. The van der Waals surface area contributed by atoms with Crippen LogP contribution in [0, 0.1) is 0 Å². The van der Waals surface area contributed by atoms with E-state index >= 15 is 0 Å². The number of unbranched alkanes of at least 4 members (excludes halogenated alkanes) is 1. The van der Waals surface area contributed by atoms with Gasteiger partial charge in [-0.15, -0.1) is 0 Å². The van der Waals surface area contributed by atoms with E-state index in [9.17, 15) is 22.8 Å². The van der Waals surface area contributed by atoms with Crippen LogP contribution in [0.25, 0.3) is 0 Å². The standard InChI is InChI=1S/C15H21F3N2O2.C4H4O4/c1-21-10-3-2-4-14(20-22-11-9-19)12-5-7-13(8-6-12)15(16,17)18;5-3(6)1-2-4(7)8/h5-8H,2-4,9-11,19H2,1H3;1-2H,(H,5,6)(H,7,8)/b;2-1-. The Morgan fingerprint density at radius 1 is 1.07 bits per heavy atom. The summed E-state index contributed by atoms with van der Waals surface area (Å²) >= 11 is 0. The molecule has 11 heteroatoms. The summed E-state index contributed by atoms with van der Waals surface area (Å²) in [5, 5.41) is 19.6. The summed E-state index contributed by atoms with van der Waals surface area (Å²) in [5.74, 6) is -2.51. The maximum Gasteiger partial charge on any atom is 0.416 e. The number of hydrogen-bond donors (Lipinski definition) is 3. The number of ether oxygens (including phenoxy) is 1. The van der Waals surface area contributed by atoms with Crippen LogP contribution in [0.2, 0.25) is 0 Å². The van der Waals surface area contributed by atoms with Gasteiger partial charge in [0.15, 0.2) is 0 Å². The molecule has 0 amide bonds. The predicted octanol–water partition coefficient (Wildman–Crippen LogP) is 2.91. The Kier molecular flexibility index (Phi) is 13.5. The van der Waals surface area contributed by atoms with E-state index in [1.54, 1.807) is 7.11 Å². The minimum absolute atomic E-state index is 0.266. The summed E-state index contributed by atoms with van der Waals surface area (Å²) in [6.07, 6.45) is -0.985. The lowest BCUT2D eigenvalue weighted by Gasteiger charge is -2.10. The number of hydrogen-bond acceptors (Lipinski definition) is 6. The smallest absolute Gasteiger partial charge is 0.416 e. The van der Waals surface area contributed by atoms with Crippen molar-refractivity contribution >= 4 is 17.7 Å². The molecule has 8 nitrogen and oxygen atoms in total. The zero-order valence-corrected chi connectivity index (χ0v) is 16.4. The van der Waals surface area contributed by atoms with Crippen molar-refractivity contribution in [2.24, 2.45) is 10.9 Å². The molecule has 0 aliphatic rings. The van der Waals surface area contributed by atoms with Crippen LogP contribution >= 0.6 is 0 Å². The molecule has 0 aliphatic heterocycles. The summed E-state index contributed by atoms with van der Waals surface area (Å²) < 4.78 is 42.7. The first-order valence-corrected chi connectivity index (χ1v) is 8.81. The SMILES string of the molecule is COCCCCC(=NOCCN)c1ccc(C(F)(F)F)cc1.O=C(O)/C=C\C(=O)O. The minimum atomic E-state index is -4.34. The van der Waals surface area contributed by atoms with Gasteiger partial charge in [-0.3, -0.25) is 0 Å². The fourth-order valence-corrected chi connectivity index (χ4v) is 1.95. The Morgan fingerprint density at radius 3 is 2.07 bits per heavy atom. The van der Waals surface area contributed by atoms with E-state index in [0.717, 1.165) is 25.0 Å². The molecule has 168 valence electrons. The molecule has 0 aromatic heterocycles. The number of carboxylic acid groups (broad SMARTS) is 2. The van der Waals surface area contributed by atoms with Gasteiger partial charge >= 0.3 is 18.1 Å². The van der Waals surface area contributed by atoms with Crippen molar-refractivity contribution < 1.29 is 42.5 Å². The summed E-state index contributed by atoms with van der Waals surface area (Å²) in [6.45, 7) is 1.22. The van der Waals surface area contributed by atoms with Crippen LogP contribution in [0.5, 0.6) is 0 Å². The number of aliphatic carboxylic acids is 2. The van der Waals surface area contributed by atoms with E-state index < -0.39 is 23.7 Å². The van der Waals surface area contributed by atoms with Crippen LogP contribution in [0.1, 0.15) is 30.4 Å². The van der Waals surface area contributed by atoms with Crippen molar-refractivity contribution in [2.75, 3.05) is 26.9 Å². The summed E-state index contributed by atoms with van der Waals surface area (Å²) in [4.78, 5) is 24.2. The van der Waals surface area contributed by atoms with Crippen LogP contribution in [-0.4, -0.2) is 54.7 Å². The molecule has 0 saturated carbocycles. The summed E-state index contributed by atoms with van der Waals surface area (Å²) in [5.41, 5.74) is 5.87. The number of halogens is 3. The lowest BCUT2D eigenvalue weighted by atomic mass is 10.0. The van der Waals surface area contributed by atoms with Crippen molar-refractivity contribution in [3.63, 3.8) is 0 Å². The zero-order chi connectivity index (χ0) is 23.0. The van der Waals surface area contributed by atoms with Crippen molar-refractivity contribution in [3.8, 4) is 0 Å². The maximum absolute atomic E-state index is 12.6. The van der Waals surface area contributed by atoms with Gasteiger partial charge in [-0.05, 0) is 37.0 Å². The lowest BCUT2D eigenvalue weighted by molar-refractivity contribution is -0.137. The maximum atomic E-state index is 12.6. The van der Waals surface area contributed by atoms with Gasteiger partial charge in [0.1, 0.15) is 6.61 Å². The monoisotopic (exact) mass is 434 g/mol. The van der Waals surface area contributed by atoms with Gasteiger partial charge in [0.05, 0.1) is 11.3 Å². The third kappa shape index (κ3) is 13.3. The molecule has 0 unspecified atom stereocenters. The second-order valence-corrected chi connectivity index (χ2v) is 5.69. The molecule has 4 N–H and O–H groups in total. The van der Waals surface area contributed by atoms with Gasteiger partial charge in [-0.1, -0.05) is 17.3 Å². The number of benzene rings is 1. The second-order valence-electron chi connectivity index (χ2n) is 5.69. The normalized spacial score (nSPS) is 11.7. The average Bonchev–Trinajstić information content (AvgIpc) is 2.68. The lowest BCUT2D eigenvalue weighted by Crippen LogP contribution is -2.09. The Bertz CT molecular complexity index is 687. The number of methoxy groups -OCH3 is 1. The van der Waals surface area contributed by atoms with Crippen LogP contribution in [0.4, 0.5) is 13.2 Å². The number of rotatable bonds is 11. The average molecular weight is 434 g/mol. The fourth-order valence-electron chi connectivity index (χ4n) is 1.95. The largest absolute Gasteiger partial charge is 0.478 e. The predicted molar refractivity (Wildman–Crippen MR) is 103 cm³/mol. The van der Waals surface area contributed by atoms with E-state index in [0.29, 0.717) is 43.0 Å². The topological polar surface area (TPSA) is 131 Å². The van der Waals surface area contributed by atoms with Crippen LogP contribution in [0.15, 0.2) is 41.6 Å². The van der Waals surface area contributed by atoms with E-state index in [2.05, 4.69) is 5.16 Å². The molecule has 1 aromatic carbocycles. The first-order chi connectivity index (χ1) is 14.1. The van der Waals surface area contributed by atoms with E-state index in [1.165, 1.54) is 12.1 Å². The van der Waals surface area contributed by atoms with Crippen molar-refractivity contribution in [1.82, 2.24) is 0 Å². The van der Waals surface area contributed by atoms with Gasteiger partial charge in [0.25, 0.3) is 0 Å². The fraction of sp³-hybridized carbons (Fsp3) is 0.421. The Labute approximate surface area is 171 Å². The van der Waals surface area contributed by atoms with Crippen LogP contribution < -0.4 is 5.73 Å². The number of carbonyl (C=O) groups is 2. The van der Waals surface area contributed by atoms with Crippen molar-refractivity contribution in [3.05, 3.63) is 47.5 Å². The molecular formula is C19H25F3N2O6. The number of nitrogens with zero attached hydrogens (tertiary/aromatic N) is 1. The first kappa shape index (κ1) is 27.1. The third-order valence-corrected chi connectivity index (χ3v) is 3.31. The van der Waals surface area contributed by atoms with Gasteiger partial charge in [0.2, 0.25) is 0 Å². The molecule has 1 aromatic rings. The Balaban J connectivity index is 0.000000890. The van der Waals surface area contributed by atoms with Crippen molar-refractivity contribution in [1.29, 1.82) is 0 Å². The van der Waals surface area contributed by atoms with Gasteiger partial charge in [-0.25, -0.2) is 9.59 Å². The van der Waals surface area contributed by atoms with Crippen LogP contribution in [-0.2, 0) is 25.3 Å². The minimum Gasteiger partial charge on any atom is -0.478 e. The van der Waals surface area contributed by atoms with Gasteiger partial charge in [-0.2, -0.15) is 13.2 Å². The first-order valence-electron chi connectivity index (χ1n) is 8.81. The van der Waals surface area contributed by atoms with E-state index in [1.807, 2.05) is 0 Å². The number of oxime groups is 1. The number of alkyl halides is 3. The highest BCUT2D eigenvalue weighted by Crippen LogP contribution is 2.29. The van der Waals surface area contributed by atoms with E-state index in [4.69, 9.17) is 25.5 Å². The molecule has 0 bridgehead atoms. The third-order valence-electron chi connectivity index (χ3n) is 3.31. The molecule has 0 heterocycles. The molecule has 1 rings (SSSR count). The molecule has 30 heavy (non-hydrogen) atoms. The van der Waals surface area contributed by atoms with Crippen molar-refractivity contribution in [2.45, 2.75) is 25.4 Å². The van der Waals surface area contributed by atoms with Gasteiger partial charge < -0.3 is 25.5 Å². The molecule has 0 spiro atoms. The highest BCUT2D eigenvalue weighted by molar-refractivity contribution is 6.00. The molecular weight excluding hydrogens is 409 g/mol. The van der Waals surface area contributed by atoms with Crippen LogP contribution in [0.3, 0.4) is 0 Å². The molecule has 0 aliphatic carbocycles. The Morgan fingerprint density at radius 2 is 1.63 bits per heavy atom. The quantitative estimate of drug-likeness (QED) is 0.211. The highest BCUT2D eigenvalue weighted by atomic mass is 19.4. The molecule has 0 radical (unpaired) electrons. The summed E-state index contributed by atoms with van der Waals surface area (Å²) in [6, 6.07) is 4.90. The van der Waals surface area contributed by atoms with E-state index in [-0.39, 0.29) is 6.61 Å². The molecule has 0 fully saturated rings. The zero-order valence-electron chi connectivity index (χ0n) is 16.4. The van der Waals surface area contributed by atoms with Gasteiger partial charge in [0, 0.05) is 32.4 Å². The molecule has 0 saturated heterocycles. The second kappa shape index (κ2) is 15.0. The summed E-state index contributed by atoms with van der Waals surface area (Å²) in [7, 11) is 1.62. The molecule has 0 atom stereocenters. The number of carboxylic acids is 2. The Hall–Kier alpha value is -2.92.